The standard InChI is InChI=1S/C22H29N3O2/c1-18(20-8-4-3-5-9-20)23-22(26)25-15-13-24(14-16-25)12-11-19-7-6-10-21(17-19)27-2/h3-10,17-18H,11-16H2,1-2H3,(H,23,26). The molecule has 2 aromatic rings. The van der Waals surface area contributed by atoms with Gasteiger partial charge in [-0.05, 0) is 36.6 Å². The highest BCUT2D eigenvalue weighted by Gasteiger charge is 2.22. The van der Waals surface area contributed by atoms with E-state index in [9.17, 15) is 4.79 Å². The highest BCUT2D eigenvalue weighted by molar-refractivity contribution is 5.74. The van der Waals surface area contributed by atoms with Gasteiger partial charge in [-0.25, -0.2) is 4.79 Å². The van der Waals surface area contributed by atoms with E-state index >= 15 is 0 Å². The number of piperazine rings is 1. The molecule has 0 aliphatic carbocycles. The third kappa shape index (κ3) is 5.47. The van der Waals surface area contributed by atoms with E-state index < -0.39 is 0 Å². The molecule has 2 aromatic carbocycles. The van der Waals surface area contributed by atoms with E-state index in [0.29, 0.717) is 0 Å². The van der Waals surface area contributed by atoms with Gasteiger partial charge in [0.15, 0.2) is 0 Å². The van der Waals surface area contributed by atoms with Crippen LogP contribution in [0.5, 0.6) is 5.75 Å². The molecule has 1 heterocycles. The molecule has 0 radical (unpaired) electrons. The van der Waals surface area contributed by atoms with Crippen LogP contribution in [0.25, 0.3) is 0 Å². The Morgan fingerprint density at radius 1 is 1.07 bits per heavy atom. The third-order valence-electron chi connectivity index (χ3n) is 5.15. The number of ether oxygens (including phenoxy) is 1. The van der Waals surface area contributed by atoms with Crippen LogP contribution < -0.4 is 10.1 Å². The van der Waals surface area contributed by atoms with Gasteiger partial charge in [0.1, 0.15) is 5.75 Å². The first-order valence-corrected chi connectivity index (χ1v) is 9.61. The summed E-state index contributed by atoms with van der Waals surface area (Å²) in [7, 11) is 1.70. The summed E-state index contributed by atoms with van der Waals surface area (Å²) in [6.07, 6.45) is 0.994. The second-order valence-electron chi connectivity index (χ2n) is 7.01. The maximum Gasteiger partial charge on any atom is 0.317 e. The minimum atomic E-state index is 0.0183. The molecule has 1 aliphatic heterocycles. The fraction of sp³-hybridized carbons (Fsp3) is 0.409. The summed E-state index contributed by atoms with van der Waals surface area (Å²) >= 11 is 0. The fourth-order valence-corrected chi connectivity index (χ4v) is 3.39. The number of nitrogens with zero attached hydrogens (tertiary/aromatic N) is 2. The summed E-state index contributed by atoms with van der Waals surface area (Å²) < 4.78 is 5.29. The molecule has 5 heteroatoms. The minimum absolute atomic E-state index is 0.0183. The predicted octanol–water partition coefficient (Wildman–Crippen LogP) is 3.33. The summed E-state index contributed by atoms with van der Waals surface area (Å²) in [5, 5.41) is 3.11. The van der Waals surface area contributed by atoms with Crippen molar-refractivity contribution in [1.29, 1.82) is 0 Å². The average Bonchev–Trinajstić information content (AvgIpc) is 2.73. The molecule has 1 saturated heterocycles. The molecule has 0 aromatic heterocycles. The van der Waals surface area contributed by atoms with E-state index in [1.54, 1.807) is 7.11 Å². The Labute approximate surface area is 161 Å². The van der Waals surface area contributed by atoms with Gasteiger partial charge >= 0.3 is 6.03 Å². The highest BCUT2D eigenvalue weighted by atomic mass is 16.5. The molecule has 1 fully saturated rings. The van der Waals surface area contributed by atoms with Gasteiger partial charge in [-0.3, -0.25) is 4.90 Å². The van der Waals surface area contributed by atoms with Gasteiger partial charge in [0.2, 0.25) is 0 Å². The first kappa shape index (κ1) is 19.2. The Morgan fingerprint density at radius 2 is 1.81 bits per heavy atom. The molecule has 0 saturated carbocycles. The SMILES string of the molecule is COc1cccc(CCN2CCN(C(=O)NC(C)c3ccccc3)CC2)c1. The Bertz CT molecular complexity index is 727. The molecule has 0 bridgehead atoms. The number of urea groups is 1. The smallest absolute Gasteiger partial charge is 0.317 e. The summed E-state index contributed by atoms with van der Waals surface area (Å²) in [4.78, 5) is 16.9. The number of hydrogen-bond acceptors (Lipinski definition) is 3. The van der Waals surface area contributed by atoms with E-state index in [4.69, 9.17) is 4.74 Å². The van der Waals surface area contributed by atoms with Gasteiger partial charge in [-0.2, -0.15) is 0 Å². The Morgan fingerprint density at radius 3 is 2.52 bits per heavy atom. The van der Waals surface area contributed by atoms with Crippen LogP contribution in [0.4, 0.5) is 4.79 Å². The number of methoxy groups -OCH3 is 1. The van der Waals surface area contributed by atoms with Gasteiger partial charge in [0.25, 0.3) is 0 Å². The van der Waals surface area contributed by atoms with Crippen LogP contribution in [-0.4, -0.2) is 55.7 Å². The maximum absolute atomic E-state index is 12.5. The fourth-order valence-electron chi connectivity index (χ4n) is 3.39. The molecule has 1 N–H and O–H groups in total. The second-order valence-corrected chi connectivity index (χ2v) is 7.01. The number of amides is 2. The van der Waals surface area contributed by atoms with Crippen molar-refractivity contribution < 1.29 is 9.53 Å². The van der Waals surface area contributed by atoms with Crippen molar-refractivity contribution in [2.24, 2.45) is 0 Å². The zero-order chi connectivity index (χ0) is 19.1. The van der Waals surface area contributed by atoms with Crippen molar-refractivity contribution in [2.75, 3.05) is 39.8 Å². The molecule has 5 nitrogen and oxygen atoms in total. The number of hydrogen-bond donors (Lipinski definition) is 1. The summed E-state index contributed by atoms with van der Waals surface area (Å²) in [5.74, 6) is 0.904. The van der Waals surface area contributed by atoms with Crippen LogP contribution in [-0.2, 0) is 6.42 Å². The largest absolute Gasteiger partial charge is 0.497 e. The lowest BCUT2D eigenvalue weighted by Crippen LogP contribution is -2.52. The van der Waals surface area contributed by atoms with Crippen molar-refractivity contribution in [1.82, 2.24) is 15.1 Å². The zero-order valence-corrected chi connectivity index (χ0v) is 16.2. The molecule has 3 rings (SSSR count). The first-order chi connectivity index (χ1) is 13.2. The topological polar surface area (TPSA) is 44.8 Å². The van der Waals surface area contributed by atoms with Crippen LogP contribution >= 0.6 is 0 Å². The minimum Gasteiger partial charge on any atom is -0.497 e. The van der Waals surface area contributed by atoms with E-state index in [-0.39, 0.29) is 12.1 Å². The van der Waals surface area contributed by atoms with Gasteiger partial charge in [-0.15, -0.1) is 0 Å². The average molecular weight is 367 g/mol. The molecule has 1 aliphatic rings. The predicted molar refractivity (Wildman–Crippen MR) is 108 cm³/mol. The molecule has 2 amide bonds. The third-order valence-corrected chi connectivity index (χ3v) is 5.15. The number of nitrogens with one attached hydrogen (secondary N) is 1. The first-order valence-electron chi connectivity index (χ1n) is 9.61. The summed E-state index contributed by atoms with van der Waals surface area (Å²) in [5.41, 5.74) is 2.41. The van der Waals surface area contributed by atoms with E-state index in [1.165, 1.54) is 5.56 Å². The number of rotatable bonds is 6. The van der Waals surface area contributed by atoms with Crippen LogP contribution in [0, 0.1) is 0 Å². The van der Waals surface area contributed by atoms with Crippen LogP contribution in [0.2, 0.25) is 0 Å². The van der Waals surface area contributed by atoms with Crippen molar-refractivity contribution in [3.05, 3.63) is 65.7 Å². The quantitative estimate of drug-likeness (QED) is 0.852. The molecule has 1 unspecified atom stereocenters. The number of carbonyl (C=O) groups is 1. The second kappa shape index (κ2) is 9.42. The normalized spacial score (nSPS) is 16.0. The maximum atomic E-state index is 12.5. The number of carbonyl (C=O) groups excluding carboxylic acids is 1. The van der Waals surface area contributed by atoms with Crippen LogP contribution in [0.1, 0.15) is 24.1 Å². The molecular formula is C22H29N3O2. The lowest BCUT2D eigenvalue weighted by atomic mass is 10.1. The van der Waals surface area contributed by atoms with Crippen molar-refractivity contribution >= 4 is 6.03 Å². The van der Waals surface area contributed by atoms with Crippen molar-refractivity contribution in [2.45, 2.75) is 19.4 Å². The lowest BCUT2D eigenvalue weighted by Gasteiger charge is -2.35. The van der Waals surface area contributed by atoms with Gasteiger partial charge in [0.05, 0.1) is 13.2 Å². The van der Waals surface area contributed by atoms with E-state index in [0.717, 1.165) is 50.5 Å². The number of benzene rings is 2. The molecule has 27 heavy (non-hydrogen) atoms. The Kier molecular flexibility index (Phi) is 6.71. The zero-order valence-electron chi connectivity index (χ0n) is 16.2. The summed E-state index contributed by atoms with van der Waals surface area (Å²) in [6.45, 7) is 6.39. The molecular weight excluding hydrogens is 338 g/mol. The highest BCUT2D eigenvalue weighted by Crippen LogP contribution is 2.15. The lowest BCUT2D eigenvalue weighted by molar-refractivity contribution is 0.138. The van der Waals surface area contributed by atoms with Crippen LogP contribution in [0.3, 0.4) is 0 Å². The molecule has 0 spiro atoms. The van der Waals surface area contributed by atoms with Gasteiger partial charge in [0, 0.05) is 32.7 Å². The van der Waals surface area contributed by atoms with Gasteiger partial charge < -0.3 is 15.0 Å². The van der Waals surface area contributed by atoms with Crippen LogP contribution in [0.15, 0.2) is 54.6 Å². The monoisotopic (exact) mass is 367 g/mol. The molecule has 1 atom stereocenters. The Hall–Kier alpha value is -2.53. The van der Waals surface area contributed by atoms with E-state index in [1.807, 2.05) is 54.3 Å². The van der Waals surface area contributed by atoms with Crippen molar-refractivity contribution in [3.63, 3.8) is 0 Å². The summed E-state index contributed by atoms with van der Waals surface area (Å²) in [6, 6.07) is 18.3. The Balaban J connectivity index is 1.42. The van der Waals surface area contributed by atoms with Gasteiger partial charge in [-0.1, -0.05) is 42.5 Å². The van der Waals surface area contributed by atoms with E-state index in [2.05, 4.69) is 22.3 Å². The molecule has 144 valence electrons. The van der Waals surface area contributed by atoms with Crippen molar-refractivity contribution in [3.8, 4) is 5.75 Å².